The summed E-state index contributed by atoms with van der Waals surface area (Å²) in [5.74, 6) is -12.3. The molecule has 358 valence electrons. The van der Waals surface area contributed by atoms with Crippen molar-refractivity contribution in [1.29, 1.82) is 0 Å². The third-order valence-electron chi connectivity index (χ3n) is 11.0. The summed E-state index contributed by atoms with van der Waals surface area (Å²) in [6, 6.07) is -9.56. The van der Waals surface area contributed by atoms with Crippen LogP contribution in [0.2, 0.25) is 0 Å². The number of carbonyl (C=O) groups is 7. The molecule has 15 atom stereocenters. The summed E-state index contributed by atoms with van der Waals surface area (Å²) in [6.45, 7) is 3.42. The number of carbonyl (C=O) groups excluding carboxylic acids is 7. The zero-order valence-electron chi connectivity index (χ0n) is 34.5. The van der Waals surface area contributed by atoms with E-state index < -0.39 is 179 Å². The Kier molecular flexibility index (Phi) is 16.6. The van der Waals surface area contributed by atoms with Crippen LogP contribution in [0.3, 0.4) is 0 Å². The van der Waals surface area contributed by atoms with Gasteiger partial charge in [-0.3, -0.25) is 38.1 Å². The second-order valence-electron chi connectivity index (χ2n) is 16.2. The summed E-state index contributed by atoms with van der Waals surface area (Å²) in [5, 5.41) is 95.8. The van der Waals surface area contributed by atoms with E-state index in [2.05, 4.69) is 20.1 Å². The lowest BCUT2D eigenvalue weighted by atomic mass is 9.96. The zero-order valence-corrected chi connectivity index (χ0v) is 35.3. The Morgan fingerprint density at radius 2 is 1.44 bits per heavy atom. The smallest absolute Gasteiger partial charge is 0.446 e. The number of aromatic hydroxyl groups is 1. The van der Waals surface area contributed by atoms with E-state index in [4.69, 9.17) is 16.0 Å². The van der Waals surface area contributed by atoms with E-state index >= 15 is 0 Å². The van der Waals surface area contributed by atoms with Gasteiger partial charge in [-0.2, -0.15) is 8.42 Å². The molecule has 3 aliphatic heterocycles. The first-order valence-electron chi connectivity index (χ1n) is 19.8. The van der Waals surface area contributed by atoms with Crippen LogP contribution in [0.25, 0.3) is 0 Å². The fourth-order valence-corrected chi connectivity index (χ4v) is 8.00. The van der Waals surface area contributed by atoms with Crippen LogP contribution in [0.1, 0.15) is 51.7 Å². The molecular formula is C36H54N8O19S. The van der Waals surface area contributed by atoms with Gasteiger partial charge < -0.3 is 87.6 Å². The van der Waals surface area contributed by atoms with Crippen LogP contribution < -0.4 is 36.9 Å². The average Bonchev–Trinajstić information content (AvgIpc) is 3.74. The van der Waals surface area contributed by atoms with Gasteiger partial charge in [0.05, 0.1) is 30.8 Å². The van der Waals surface area contributed by atoms with Crippen LogP contribution in [0.15, 0.2) is 18.2 Å². The monoisotopic (exact) mass is 934 g/mol. The Labute approximate surface area is 364 Å². The summed E-state index contributed by atoms with van der Waals surface area (Å²) in [5.41, 5.74) is 10.7. The molecule has 0 spiro atoms. The molecule has 1 aromatic rings. The molecule has 17 N–H and O–H groups in total. The van der Waals surface area contributed by atoms with Gasteiger partial charge in [0.25, 0.3) is 0 Å². The maximum absolute atomic E-state index is 14.4. The fraction of sp³-hybridized carbons (Fsp3) is 0.639. The molecule has 28 heteroatoms. The van der Waals surface area contributed by atoms with E-state index in [-0.39, 0.29) is 13.0 Å². The Balaban J connectivity index is 1.88. The van der Waals surface area contributed by atoms with Gasteiger partial charge in [0.1, 0.15) is 48.5 Å². The molecule has 3 heterocycles. The molecule has 3 aliphatic rings. The predicted octanol–water partition coefficient (Wildman–Crippen LogP) is -7.99. The van der Waals surface area contributed by atoms with Crippen molar-refractivity contribution in [2.45, 2.75) is 119 Å². The molecule has 3 saturated heterocycles. The highest BCUT2D eigenvalue weighted by Gasteiger charge is 2.50. The molecular weight excluding hydrogens is 880 g/mol. The van der Waals surface area contributed by atoms with Crippen LogP contribution in [0, 0.1) is 11.8 Å². The van der Waals surface area contributed by atoms with E-state index in [1.807, 2.05) is 5.32 Å². The highest BCUT2D eigenvalue weighted by atomic mass is 32.3. The highest BCUT2D eigenvalue weighted by Crippen LogP contribution is 2.33. The van der Waals surface area contributed by atoms with Crippen molar-refractivity contribution in [1.82, 2.24) is 31.1 Å². The molecule has 64 heavy (non-hydrogen) atoms. The maximum atomic E-state index is 14.4. The topological polar surface area (TPSA) is 452 Å². The van der Waals surface area contributed by atoms with Crippen molar-refractivity contribution in [2.75, 3.05) is 13.1 Å². The molecule has 15 unspecified atom stereocenters. The summed E-state index contributed by atoms with van der Waals surface area (Å²) in [6.07, 6.45) is -16.8. The number of aliphatic hydroxyl groups excluding tert-OH is 7. The normalized spacial score (nSPS) is 32.4. The Morgan fingerprint density at radius 3 is 2.03 bits per heavy atom. The first-order valence-corrected chi connectivity index (χ1v) is 21.1. The SMILES string of the molecule is CC1CC2C(=O)NC(C(O)C(O)c3ccc(O)c(OS(=O)(=O)O)c3)C(=O)NC(C(O)CC(N)=O)C(=O)N3CC(C)C(O)C3C(=O)NC(O)C(O)CC(N)C(=O)NC(C(C)O)C(=O)N2C1. The molecule has 3 fully saturated rings. The van der Waals surface area contributed by atoms with Crippen molar-refractivity contribution >= 4 is 51.7 Å². The molecule has 0 saturated carbocycles. The Bertz CT molecular complexity index is 2060. The second kappa shape index (κ2) is 20.7. The minimum absolute atomic E-state index is 0.154. The molecule has 1 aromatic carbocycles. The van der Waals surface area contributed by atoms with E-state index in [9.17, 15) is 82.8 Å². The maximum Gasteiger partial charge on any atom is 0.446 e. The molecule has 27 nitrogen and oxygen atoms in total. The van der Waals surface area contributed by atoms with Crippen molar-refractivity contribution in [2.24, 2.45) is 23.3 Å². The van der Waals surface area contributed by atoms with Crippen LogP contribution >= 0.6 is 0 Å². The van der Waals surface area contributed by atoms with Crippen molar-refractivity contribution in [3.8, 4) is 11.5 Å². The molecule has 0 aliphatic carbocycles. The quantitative estimate of drug-likeness (QED) is 0.102. The average molecular weight is 935 g/mol. The minimum atomic E-state index is -5.28. The summed E-state index contributed by atoms with van der Waals surface area (Å²) >= 11 is 0. The van der Waals surface area contributed by atoms with Gasteiger partial charge in [0, 0.05) is 25.4 Å². The lowest BCUT2D eigenvalue weighted by Gasteiger charge is -2.34. The first-order chi connectivity index (χ1) is 29.6. The predicted molar refractivity (Wildman–Crippen MR) is 211 cm³/mol. The van der Waals surface area contributed by atoms with E-state index in [0.717, 1.165) is 24.0 Å². The second-order valence-corrected chi connectivity index (χ2v) is 17.2. The van der Waals surface area contributed by atoms with Crippen molar-refractivity contribution in [3.05, 3.63) is 23.8 Å². The van der Waals surface area contributed by atoms with E-state index in [1.54, 1.807) is 6.92 Å². The largest absolute Gasteiger partial charge is 0.504 e. The third-order valence-corrected chi connectivity index (χ3v) is 11.4. The van der Waals surface area contributed by atoms with Crippen LogP contribution in [-0.4, -0.2) is 191 Å². The van der Waals surface area contributed by atoms with E-state index in [0.29, 0.717) is 11.0 Å². The number of primary amides is 1. The van der Waals surface area contributed by atoms with Crippen molar-refractivity contribution < 1.29 is 91.6 Å². The number of benzene rings is 1. The lowest BCUT2D eigenvalue weighted by molar-refractivity contribution is -0.149. The van der Waals surface area contributed by atoms with Gasteiger partial charge in [-0.1, -0.05) is 19.9 Å². The van der Waals surface area contributed by atoms with Crippen LogP contribution in [-0.2, 0) is 44.0 Å². The Morgan fingerprint density at radius 1 is 0.844 bits per heavy atom. The number of nitrogens with one attached hydrogen (secondary N) is 4. The fourth-order valence-electron chi connectivity index (χ4n) is 7.64. The number of hydrogen-bond donors (Lipinski definition) is 15. The minimum Gasteiger partial charge on any atom is -0.504 e. The Hall–Kier alpha value is -5.30. The molecule has 0 aromatic heterocycles. The number of phenols is 1. The molecule has 7 amide bonds. The summed E-state index contributed by atoms with van der Waals surface area (Å²) < 4.78 is 36.3. The summed E-state index contributed by atoms with van der Waals surface area (Å²) in [7, 11) is -5.28. The number of nitrogens with zero attached hydrogens (tertiary/aromatic N) is 2. The zero-order chi connectivity index (χ0) is 48.3. The molecule has 0 bridgehead atoms. The van der Waals surface area contributed by atoms with Crippen LogP contribution in [0.4, 0.5) is 0 Å². The van der Waals surface area contributed by atoms with Gasteiger partial charge in [-0.15, -0.1) is 0 Å². The molecule has 4 rings (SSSR count). The van der Waals surface area contributed by atoms with E-state index in [1.165, 1.54) is 6.92 Å². The number of amides is 7. The van der Waals surface area contributed by atoms with Crippen molar-refractivity contribution in [3.63, 3.8) is 0 Å². The number of nitrogens with two attached hydrogens (primary N) is 2. The lowest BCUT2D eigenvalue weighted by Crippen LogP contribution is -2.64. The van der Waals surface area contributed by atoms with Gasteiger partial charge in [-0.25, -0.2) is 0 Å². The summed E-state index contributed by atoms with van der Waals surface area (Å²) in [4.78, 5) is 97.3. The number of aliphatic hydroxyl groups is 7. The third kappa shape index (κ3) is 12.1. The number of hydrogen-bond acceptors (Lipinski definition) is 19. The number of rotatable bonds is 9. The number of phenolic OH excluding ortho intramolecular Hbond substituents is 1. The van der Waals surface area contributed by atoms with Gasteiger partial charge in [-0.05, 0) is 37.0 Å². The van der Waals surface area contributed by atoms with Gasteiger partial charge >= 0.3 is 10.4 Å². The van der Waals surface area contributed by atoms with Gasteiger partial charge in [0.15, 0.2) is 17.7 Å². The standard InChI is InChI=1S/C36H54N8O19S/c1-12-6-17-31(54)41-25(29(52)28(51)15-4-5-18(46)21(7-15)63-64(60,61)62)33(56)40-24(19(47)9-22(38)49)36(59)44-11-13(2)27(50)26(44)34(57)42-32(55)20(48)8-16(37)30(53)39-23(14(3)45)35(58)43(17)10-12/h4-5,7,12-14,16-17,19-20,23-29,32,45-48,50-52,55H,6,8-11,37H2,1-3H3,(H2,38,49)(H,39,53)(H,40,56)(H,41,54)(H,42,57)(H,60,61,62). The highest BCUT2D eigenvalue weighted by molar-refractivity contribution is 7.81. The molecule has 0 radical (unpaired) electrons. The van der Waals surface area contributed by atoms with Gasteiger partial charge in [0.2, 0.25) is 41.4 Å². The first kappa shape index (κ1) is 51.3. The number of fused-ring (bicyclic) bond motifs is 2. The van der Waals surface area contributed by atoms with Crippen LogP contribution in [0.5, 0.6) is 11.5 Å².